The highest BCUT2D eigenvalue weighted by molar-refractivity contribution is 5.85. The molecule has 3 unspecified atom stereocenters. The maximum absolute atomic E-state index is 12.5. The van der Waals surface area contributed by atoms with E-state index in [1.165, 1.54) is 25.7 Å². The molecule has 1 amide bonds. The van der Waals surface area contributed by atoms with Crippen molar-refractivity contribution in [3.63, 3.8) is 0 Å². The van der Waals surface area contributed by atoms with Crippen molar-refractivity contribution in [2.24, 2.45) is 5.92 Å². The molecule has 6 heteroatoms. The van der Waals surface area contributed by atoms with Gasteiger partial charge < -0.3 is 15.2 Å². The van der Waals surface area contributed by atoms with Gasteiger partial charge in [-0.25, -0.2) is 0 Å². The van der Waals surface area contributed by atoms with Crippen molar-refractivity contribution in [1.82, 2.24) is 15.2 Å². The summed E-state index contributed by atoms with van der Waals surface area (Å²) >= 11 is 0. The van der Waals surface area contributed by atoms with E-state index in [1.54, 1.807) is 22.9 Å². The van der Waals surface area contributed by atoms with Gasteiger partial charge in [-0.05, 0) is 42.4 Å². The average molecular weight is 402 g/mol. The third-order valence-corrected chi connectivity index (χ3v) is 5.92. The zero-order valence-electron chi connectivity index (χ0n) is 16.0. The van der Waals surface area contributed by atoms with Crippen LogP contribution < -0.4 is 16.2 Å². The molecule has 2 heterocycles. The van der Waals surface area contributed by atoms with Gasteiger partial charge >= 0.3 is 0 Å². The maximum Gasteiger partial charge on any atom is 0.250 e. The maximum atomic E-state index is 12.5. The van der Waals surface area contributed by atoms with Crippen LogP contribution in [0.1, 0.15) is 43.2 Å². The first kappa shape index (κ1) is 20.6. The predicted octanol–water partition coefficient (Wildman–Crippen LogP) is 2.86. The Morgan fingerprint density at radius 2 is 1.82 bits per heavy atom. The highest BCUT2D eigenvalue weighted by atomic mass is 35.5. The van der Waals surface area contributed by atoms with Gasteiger partial charge in [0.25, 0.3) is 5.56 Å². The van der Waals surface area contributed by atoms with Gasteiger partial charge in [0.1, 0.15) is 0 Å². The largest absolute Gasteiger partial charge is 0.351 e. The quantitative estimate of drug-likeness (QED) is 0.809. The Morgan fingerprint density at radius 3 is 2.57 bits per heavy atom. The lowest BCUT2D eigenvalue weighted by atomic mass is 9.85. The summed E-state index contributed by atoms with van der Waals surface area (Å²) in [5.74, 6) is 0.791. The van der Waals surface area contributed by atoms with Crippen LogP contribution in [-0.2, 0) is 17.9 Å². The van der Waals surface area contributed by atoms with E-state index in [-0.39, 0.29) is 29.9 Å². The second-order valence-electron chi connectivity index (χ2n) is 7.81. The normalized spacial score (nSPS) is 23.5. The first-order valence-corrected chi connectivity index (χ1v) is 9.96. The number of benzene rings is 1. The van der Waals surface area contributed by atoms with Crippen molar-refractivity contribution in [2.75, 3.05) is 0 Å². The van der Waals surface area contributed by atoms with Gasteiger partial charge in [0.2, 0.25) is 5.91 Å². The van der Waals surface area contributed by atoms with Gasteiger partial charge in [-0.2, -0.15) is 0 Å². The molecule has 1 aromatic carbocycles. The number of amides is 1. The van der Waals surface area contributed by atoms with E-state index in [0.29, 0.717) is 25.0 Å². The molecule has 150 valence electrons. The number of halogens is 1. The lowest BCUT2D eigenvalue weighted by molar-refractivity contribution is -0.123. The van der Waals surface area contributed by atoms with E-state index in [2.05, 4.69) is 10.6 Å². The van der Waals surface area contributed by atoms with Gasteiger partial charge in [-0.3, -0.25) is 9.59 Å². The second kappa shape index (κ2) is 9.39. The zero-order valence-corrected chi connectivity index (χ0v) is 16.8. The number of rotatable bonds is 5. The number of nitrogens with zero attached hydrogens (tertiary/aromatic N) is 1. The number of pyridine rings is 1. The number of aromatic nitrogens is 1. The molecule has 4 rings (SSSR count). The third kappa shape index (κ3) is 4.83. The summed E-state index contributed by atoms with van der Waals surface area (Å²) in [4.78, 5) is 24.3. The summed E-state index contributed by atoms with van der Waals surface area (Å²) in [5.41, 5.74) is 2.14. The summed E-state index contributed by atoms with van der Waals surface area (Å²) < 4.78 is 1.68. The highest BCUT2D eigenvalue weighted by Gasteiger charge is 2.37. The van der Waals surface area contributed by atoms with Gasteiger partial charge in [0.15, 0.2) is 0 Å². The Labute approximate surface area is 171 Å². The van der Waals surface area contributed by atoms with Crippen LogP contribution in [0.25, 0.3) is 0 Å². The first-order valence-electron chi connectivity index (χ1n) is 9.96. The van der Waals surface area contributed by atoms with E-state index < -0.39 is 0 Å². The Balaban J connectivity index is 0.00000225. The van der Waals surface area contributed by atoms with Gasteiger partial charge in [-0.1, -0.05) is 43.2 Å². The minimum Gasteiger partial charge on any atom is -0.351 e. The van der Waals surface area contributed by atoms with Crippen LogP contribution >= 0.6 is 12.4 Å². The molecule has 1 saturated carbocycles. The molecule has 1 saturated heterocycles. The van der Waals surface area contributed by atoms with Crippen molar-refractivity contribution in [3.8, 4) is 0 Å². The van der Waals surface area contributed by atoms with Crippen LogP contribution in [0.3, 0.4) is 0 Å². The first-order chi connectivity index (χ1) is 13.2. The molecule has 0 spiro atoms. The Bertz CT molecular complexity index is 835. The lowest BCUT2D eigenvalue weighted by Crippen LogP contribution is -2.42. The summed E-state index contributed by atoms with van der Waals surface area (Å²) in [7, 11) is 0. The molecule has 3 atom stereocenters. The molecule has 0 radical (unpaired) electrons. The summed E-state index contributed by atoms with van der Waals surface area (Å²) in [6.45, 7) is 1.10. The number of hydrogen-bond donors (Lipinski definition) is 2. The minimum atomic E-state index is -0.0395. The molecular formula is C22H28ClN3O2. The standard InChI is InChI=1S/C22H27N3O2.ClH/c26-21-7-3-4-12-25(21)15-17-10-8-16(9-11-17)14-23-22(27)20-13-18-5-1-2-6-19(18)24-20;/h3-4,7-12,18-20,24H,1-2,5-6,13-15H2,(H,23,27);1H. The summed E-state index contributed by atoms with van der Waals surface area (Å²) in [6.07, 6.45) is 7.82. The molecule has 28 heavy (non-hydrogen) atoms. The lowest BCUT2D eigenvalue weighted by Gasteiger charge is -2.24. The van der Waals surface area contributed by atoms with Gasteiger partial charge in [-0.15, -0.1) is 12.4 Å². The predicted molar refractivity (Wildman–Crippen MR) is 113 cm³/mol. The SMILES string of the molecule is Cl.O=C(NCc1ccc(Cn2ccccc2=O)cc1)C1CC2CCCCC2N1. The molecule has 2 N–H and O–H groups in total. The van der Waals surface area contributed by atoms with Crippen LogP contribution in [0.4, 0.5) is 0 Å². The minimum absolute atomic E-state index is 0. The molecule has 1 aliphatic heterocycles. The zero-order chi connectivity index (χ0) is 18.6. The van der Waals surface area contributed by atoms with E-state index in [4.69, 9.17) is 0 Å². The molecule has 5 nitrogen and oxygen atoms in total. The Hall–Kier alpha value is -2.11. The van der Waals surface area contributed by atoms with Crippen molar-refractivity contribution < 1.29 is 4.79 Å². The van der Waals surface area contributed by atoms with E-state index >= 15 is 0 Å². The van der Waals surface area contributed by atoms with Crippen LogP contribution in [0.15, 0.2) is 53.5 Å². The Kier molecular flexibility index (Phi) is 6.92. The van der Waals surface area contributed by atoms with Crippen LogP contribution in [-0.4, -0.2) is 22.6 Å². The number of hydrogen-bond acceptors (Lipinski definition) is 3. The molecule has 1 aliphatic carbocycles. The van der Waals surface area contributed by atoms with E-state index in [0.717, 1.165) is 17.5 Å². The van der Waals surface area contributed by atoms with Crippen molar-refractivity contribution >= 4 is 18.3 Å². The third-order valence-electron chi connectivity index (χ3n) is 5.92. The molecular weight excluding hydrogens is 374 g/mol. The molecule has 1 aromatic heterocycles. The number of nitrogens with one attached hydrogen (secondary N) is 2. The molecule has 2 aliphatic rings. The number of fused-ring (bicyclic) bond motifs is 1. The fourth-order valence-electron chi connectivity index (χ4n) is 4.38. The molecule has 2 aromatic rings. The van der Waals surface area contributed by atoms with Crippen molar-refractivity contribution in [1.29, 1.82) is 0 Å². The molecule has 2 fully saturated rings. The Morgan fingerprint density at radius 1 is 1.07 bits per heavy atom. The van der Waals surface area contributed by atoms with E-state index in [1.807, 2.05) is 30.3 Å². The smallest absolute Gasteiger partial charge is 0.250 e. The number of carbonyl (C=O) groups is 1. The van der Waals surface area contributed by atoms with Crippen LogP contribution in [0, 0.1) is 5.92 Å². The second-order valence-corrected chi connectivity index (χ2v) is 7.81. The van der Waals surface area contributed by atoms with Gasteiger partial charge in [0, 0.05) is 24.8 Å². The number of carbonyl (C=O) groups excluding carboxylic acids is 1. The highest BCUT2D eigenvalue weighted by Crippen LogP contribution is 2.33. The van der Waals surface area contributed by atoms with Gasteiger partial charge in [0.05, 0.1) is 12.6 Å². The van der Waals surface area contributed by atoms with Crippen LogP contribution in [0.5, 0.6) is 0 Å². The topological polar surface area (TPSA) is 63.1 Å². The molecule has 0 bridgehead atoms. The van der Waals surface area contributed by atoms with Crippen LogP contribution in [0.2, 0.25) is 0 Å². The monoisotopic (exact) mass is 401 g/mol. The summed E-state index contributed by atoms with van der Waals surface area (Å²) in [6, 6.07) is 13.7. The van der Waals surface area contributed by atoms with E-state index in [9.17, 15) is 9.59 Å². The van der Waals surface area contributed by atoms with Crippen molar-refractivity contribution in [2.45, 2.75) is 57.3 Å². The van der Waals surface area contributed by atoms with Crippen molar-refractivity contribution in [3.05, 3.63) is 70.1 Å². The average Bonchev–Trinajstić information content (AvgIpc) is 3.13. The fourth-order valence-corrected chi connectivity index (χ4v) is 4.38. The summed E-state index contributed by atoms with van der Waals surface area (Å²) in [5, 5.41) is 6.60. The fraction of sp³-hybridized carbons (Fsp3) is 0.455.